The Bertz CT molecular complexity index is 224. The Labute approximate surface area is 91.2 Å². The van der Waals surface area contributed by atoms with Gasteiger partial charge in [-0.1, -0.05) is 0 Å². The topological polar surface area (TPSA) is 58.4 Å². The molecule has 0 aromatic rings. The van der Waals surface area contributed by atoms with Crippen LogP contribution in [0.25, 0.3) is 0 Å². The third-order valence-corrected chi connectivity index (χ3v) is 3.00. The maximum atomic E-state index is 11.6. The molecular weight excluding hydrogens is 190 g/mol. The number of nitrogens with two attached hydrogens (primary N) is 1. The fraction of sp³-hybridized carbons (Fsp3) is 0.909. The van der Waals surface area contributed by atoms with E-state index < -0.39 is 0 Å². The molecule has 2 aliphatic carbocycles. The van der Waals surface area contributed by atoms with Gasteiger partial charge in [0.25, 0.3) is 0 Å². The lowest BCUT2D eigenvalue weighted by Crippen LogP contribution is -2.40. The highest BCUT2D eigenvalue weighted by Gasteiger charge is 2.31. The van der Waals surface area contributed by atoms with E-state index in [1.165, 1.54) is 12.8 Å². The van der Waals surface area contributed by atoms with Gasteiger partial charge in [-0.2, -0.15) is 0 Å². The Morgan fingerprint density at radius 2 is 2.07 bits per heavy atom. The standard InChI is InChI=1S/C11H21N3O/c12-6-1-7-14(10-4-5-10)8-11(15)13-9-2-3-9/h9-10H,1-8,12H2,(H,13,15). The van der Waals surface area contributed by atoms with Crippen molar-refractivity contribution in [3.05, 3.63) is 0 Å². The highest BCUT2D eigenvalue weighted by atomic mass is 16.2. The molecule has 0 radical (unpaired) electrons. The first-order chi connectivity index (χ1) is 7.29. The average Bonchev–Trinajstić information content (AvgIpc) is 3.01. The molecule has 2 aliphatic rings. The molecule has 0 bridgehead atoms. The van der Waals surface area contributed by atoms with E-state index in [0.717, 1.165) is 25.8 Å². The van der Waals surface area contributed by atoms with Gasteiger partial charge in [0.05, 0.1) is 6.54 Å². The Morgan fingerprint density at radius 1 is 1.33 bits per heavy atom. The minimum Gasteiger partial charge on any atom is -0.352 e. The van der Waals surface area contributed by atoms with E-state index in [2.05, 4.69) is 10.2 Å². The zero-order valence-corrected chi connectivity index (χ0v) is 9.24. The predicted octanol–water partition coefficient (Wildman–Crippen LogP) is 0.0782. The number of hydrogen-bond acceptors (Lipinski definition) is 3. The molecule has 3 N–H and O–H groups in total. The molecule has 0 aromatic carbocycles. The number of nitrogens with one attached hydrogen (secondary N) is 1. The Kier molecular flexibility index (Phi) is 3.59. The molecule has 0 aromatic heterocycles. The lowest BCUT2D eigenvalue weighted by molar-refractivity contribution is -0.122. The van der Waals surface area contributed by atoms with Crippen molar-refractivity contribution >= 4 is 5.91 Å². The van der Waals surface area contributed by atoms with E-state index in [4.69, 9.17) is 5.73 Å². The van der Waals surface area contributed by atoms with Crippen LogP contribution in [0.1, 0.15) is 32.1 Å². The zero-order chi connectivity index (χ0) is 10.7. The van der Waals surface area contributed by atoms with E-state index in [9.17, 15) is 4.79 Å². The van der Waals surface area contributed by atoms with Gasteiger partial charge in [0.2, 0.25) is 5.91 Å². The second kappa shape index (κ2) is 4.94. The predicted molar refractivity (Wildman–Crippen MR) is 59.4 cm³/mol. The highest BCUT2D eigenvalue weighted by molar-refractivity contribution is 5.78. The van der Waals surface area contributed by atoms with Crippen molar-refractivity contribution in [1.29, 1.82) is 0 Å². The van der Waals surface area contributed by atoms with E-state index in [-0.39, 0.29) is 5.91 Å². The monoisotopic (exact) mass is 211 g/mol. The van der Waals surface area contributed by atoms with E-state index in [1.54, 1.807) is 0 Å². The summed E-state index contributed by atoms with van der Waals surface area (Å²) in [6, 6.07) is 1.13. The maximum absolute atomic E-state index is 11.6. The number of carbonyl (C=O) groups excluding carboxylic acids is 1. The van der Waals surface area contributed by atoms with Crippen molar-refractivity contribution in [3.63, 3.8) is 0 Å². The molecule has 2 rings (SSSR count). The van der Waals surface area contributed by atoms with Gasteiger partial charge in [0.1, 0.15) is 0 Å². The molecular formula is C11H21N3O. The third-order valence-electron chi connectivity index (χ3n) is 3.00. The van der Waals surface area contributed by atoms with Gasteiger partial charge in [-0.15, -0.1) is 0 Å². The van der Waals surface area contributed by atoms with Gasteiger partial charge in [0.15, 0.2) is 0 Å². The summed E-state index contributed by atoms with van der Waals surface area (Å²) in [4.78, 5) is 13.9. The first kappa shape index (κ1) is 10.9. The second-order valence-electron chi connectivity index (χ2n) is 4.69. The molecule has 2 saturated carbocycles. The van der Waals surface area contributed by atoms with Gasteiger partial charge in [0, 0.05) is 18.6 Å². The first-order valence-electron chi connectivity index (χ1n) is 6.03. The lowest BCUT2D eigenvalue weighted by atomic mass is 10.3. The largest absolute Gasteiger partial charge is 0.352 e. The van der Waals surface area contributed by atoms with Gasteiger partial charge >= 0.3 is 0 Å². The van der Waals surface area contributed by atoms with Gasteiger partial charge in [-0.3, -0.25) is 9.69 Å². The summed E-state index contributed by atoms with van der Waals surface area (Å²) in [5, 5.41) is 3.03. The third kappa shape index (κ3) is 3.80. The second-order valence-corrected chi connectivity index (χ2v) is 4.69. The van der Waals surface area contributed by atoms with Gasteiger partial charge < -0.3 is 11.1 Å². The van der Waals surface area contributed by atoms with Crippen LogP contribution in [-0.4, -0.2) is 42.5 Å². The van der Waals surface area contributed by atoms with Crippen LogP contribution in [0, 0.1) is 0 Å². The molecule has 0 unspecified atom stereocenters. The molecule has 15 heavy (non-hydrogen) atoms. The molecule has 2 fully saturated rings. The van der Waals surface area contributed by atoms with Crippen LogP contribution in [0.2, 0.25) is 0 Å². The molecule has 4 heteroatoms. The van der Waals surface area contributed by atoms with Crippen molar-refractivity contribution in [2.24, 2.45) is 5.73 Å². The van der Waals surface area contributed by atoms with Crippen molar-refractivity contribution in [2.75, 3.05) is 19.6 Å². The maximum Gasteiger partial charge on any atom is 0.234 e. The van der Waals surface area contributed by atoms with Crippen molar-refractivity contribution in [2.45, 2.75) is 44.2 Å². The summed E-state index contributed by atoms with van der Waals surface area (Å²) < 4.78 is 0. The fourth-order valence-electron chi connectivity index (χ4n) is 1.81. The van der Waals surface area contributed by atoms with Crippen LogP contribution in [0.5, 0.6) is 0 Å². The average molecular weight is 211 g/mol. The minimum absolute atomic E-state index is 0.196. The molecule has 1 amide bonds. The summed E-state index contributed by atoms with van der Waals surface area (Å²) in [5.74, 6) is 0.196. The smallest absolute Gasteiger partial charge is 0.234 e. The normalized spacial score (nSPS) is 20.7. The van der Waals surface area contributed by atoms with Gasteiger partial charge in [-0.05, 0) is 38.6 Å². The Balaban J connectivity index is 1.69. The summed E-state index contributed by atoms with van der Waals surface area (Å²) in [6.07, 6.45) is 5.83. The van der Waals surface area contributed by atoms with Crippen LogP contribution in [0.3, 0.4) is 0 Å². The number of carbonyl (C=O) groups is 1. The number of rotatable bonds is 7. The van der Waals surface area contributed by atoms with E-state index in [0.29, 0.717) is 25.2 Å². The van der Waals surface area contributed by atoms with Crippen molar-refractivity contribution < 1.29 is 4.79 Å². The quantitative estimate of drug-likeness (QED) is 0.627. The molecule has 4 nitrogen and oxygen atoms in total. The fourth-order valence-corrected chi connectivity index (χ4v) is 1.81. The summed E-state index contributed by atoms with van der Waals surface area (Å²) >= 11 is 0. The molecule has 0 aliphatic heterocycles. The number of hydrogen-bond donors (Lipinski definition) is 2. The van der Waals surface area contributed by atoms with Crippen LogP contribution >= 0.6 is 0 Å². The molecule has 0 heterocycles. The minimum atomic E-state index is 0.196. The molecule has 0 atom stereocenters. The van der Waals surface area contributed by atoms with E-state index >= 15 is 0 Å². The lowest BCUT2D eigenvalue weighted by Gasteiger charge is -2.20. The molecule has 86 valence electrons. The number of nitrogens with zero attached hydrogens (tertiary/aromatic N) is 1. The van der Waals surface area contributed by atoms with Gasteiger partial charge in [-0.25, -0.2) is 0 Å². The Morgan fingerprint density at radius 3 is 2.60 bits per heavy atom. The summed E-state index contributed by atoms with van der Waals surface area (Å²) in [5.41, 5.74) is 5.49. The molecule has 0 saturated heterocycles. The summed E-state index contributed by atoms with van der Waals surface area (Å²) in [7, 11) is 0. The first-order valence-corrected chi connectivity index (χ1v) is 6.03. The zero-order valence-electron chi connectivity index (χ0n) is 9.24. The van der Waals surface area contributed by atoms with E-state index in [1.807, 2.05) is 0 Å². The highest BCUT2D eigenvalue weighted by Crippen LogP contribution is 2.26. The van der Waals surface area contributed by atoms with Crippen molar-refractivity contribution in [1.82, 2.24) is 10.2 Å². The van der Waals surface area contributed by atoms with Crippen LogP contribution < -0.4 is 11.1 Å². The SMILES string of the molecule is NCCCN(CC(=O)NC1CC1)C1CC1. The van der Waals surface area contributed by atoms with Crippen molar-refractivity contribution in [3.8, 4) is 0 Å². The van der Waals surface area contributed by atoms with Crippen LogP contribution in [-0.2, 0) is 4.79 Å². The molecule has 0 spiro atoms. The van der Waals surface area contributed by atoms with Crippen LogP contribution in [0.4, 0.5) is 0 Å². The summed E-state index contributed by atoms with van der Waals surface area (Å²) in [6.45, 7) is 2.26. The number of amides is 1. The van der Waals surface area contributed by atoms with Crippen LogP contribution in [0.15, 0.2) is 0 Å². The Hall–Kier alpha value is -0.610.